The minimum Gasteiger partial charge on any atom is -0.496 e. The predicted molar refractivity (Wildman–Crippen MR) is 69.4 cm³/mol. The van der Waals surface area contributed by atoms with Crippen LogP contribution in [-0.4, -0.2) is 23.1 Å². The summed E-state index contributed by atoms with van der Waals surface area (Å²) in [5, 5.41) is 20.0. The maximum absolute atomic E-state index is 11.3. The average Bonchev–Trinajstić information content (AvgIpc) is 2.38. The van der Waals surface area contributed by atoms with Crippen LogP contribution in [0.15, 0.2) is 18.2 Å². The summed E-state index contributed by atoms with van der Waals surface area (Å²) in [5.74, 6) is -0.463. The van der Waals surface area contributed by atoms with Gasteiger partial charge in [-0.2, -0.15) is 0 Å². The van der Waals surface area contributed by atoms with Crippen LogP contribution in [0.25, 0.3) is 0 Å². The lowest BCUT2D eigenvalue weighted by atomic mass is 9.81. The van der Waals surface area contributed by atoms with Gasteiger partial charge in [-0.25, -0.2) is 0 Å². The molecular formula is C13H17NO5. The Balaban J connectivity index is 3.20. The number of nitrogens with zero attached hydrogens (tertiary/aromatic N) is 1. The van der Waals surface area contributed by atoms with Crippen molar-refractivity contribution in [2.75, 3.05) is 7.11 Å². The highest BCUT2D eigenvalue weighted by Gasteiger charge is 2.32. The lowest BCUT2D eigenvalue weighted by Gasteiger charge is -2.23. The minimum atomic E-state index is -0.970. The predicted octanol–water partition coefficient (Wildman–Crippen LogP) is 2.65. The summed E-state index contributed by atoms with van der Waals surface area (Å²) < 4.78 is 5.13. The molecule has 0 fully saturated rings. The minimum absolute atomic E-state index is 0.0698. The Morgan fingerprint density at radius 1 is 1.53 bits per heavy atom. The van der Waals surface area contributed by atoms with Crippen LogP contribution < -0.4 is 4.74 Å². The fourth-order valence-electron chi connectivity index (χ4n) is 1.79. The summed E-state index contributed by atoms with van der Waals surface area (Å²) in [4.78, 5) is 21.6. The molecule has 19 heavy (non-hydrogen) atoms. The Hall–Kier alpha value is -2.11. The van der Waals surface area contributed by atoms with Crippen molar-refractivity contribution in [3.8, 4) is 5.75 Å². The molecule has 1 atom stereocenters. The number of hydrogen-bond donors (Lipinski definition) is 1. The number of benzene rings is 1. The zero-order valence-electron chi connectivity index (χ0n) is 11.2. The molecule has 6 heteroatoms. The number of hydrogen-bond acceptors (Lipinski definition) is 4. The third kappa shape index (κ3) is 3.21. The SMILES string of the molecule is CCC(C)(Cc1cc([N+](=O)[O-])ccc1OC)C(=O)O. The monoisotopic (exact) mass is 267 g/mol. The van der Waals surface area contributed by atoms with E-state index >= 15 is 0 Å². The molecule has 0 amide bonds. The zero-order valence-corrected chi connectivity index (χ0v) is 11.2. The standard InChI is InChI=1S/C13H17NO5/c1-4-13(2,12(15)16)8-9-7-10(14(17)18)5-6-11(9)19-3/h5-7H,4,8H2,1-3H3,(H,15,16). The molecule has 0 saturated heterocycles. The topological polar surface area (TPSA) is 89.7 Å². The van der Waals surface area contributed by atoms with Crippen molar-refractivity contribution in [3.05, 3.63) is 33.9 Å². The van der Waals surface area contributed by atoms with E-state index in [1.54, 1.807) is 13.8 Å². The fourth-order valence-corrected chi connectivity index (χ4v) is 1.79. The van der Waals surface area contributed by atoms with E-state index in [1.807, 2.05) is 0 Å². The number of non-ortho nitro benzene ring substituents is 1. The Morgan fingerprint density at radius 3 is 2.58 bits per heavy atom. The van der Waals surface area contributed by atoms with Crippen LogP contribution in [0.3, 0.4) is 0 Å². The van der Waals surface area contributed by atoms with Gasteiger partial charge >= 0.3 is 5.97 Å². The smallest absolute Gasteiger partial charge is 0.309 e. The number of carbonyl (C=O) groups is 1. The molecule has 0 heterocycles. The van der Waals surface area contributed by atoms with Crippen molar-refractivity contribution in [2.24, 2.45) is 5.41 Å². The number of nitro benzene ring substituents is 1. The molecule has 1 aromatic rings. The Kier molecular flexibility index (Phi) is 4.47. The third-order valence-electron chi connectivity index (χ3n) is 3.35. The van der Waals surface area contributed by atoms with E-state index in [0.717, 1.165) is 0 Å². The molecular weight excluding hydrogens is 250 g/mol. The van der Waals surface area contributed by atoms with Gasteiger partial charge in [0.05, 0.1) is 17.4 Å². The van der Waals surface area contributed by atoms with Crippen molar-refractivity contribution >= 4 is 11.7 Å². The largest absolute Gasteiger partial charge is 0.496 e. The van der Waals surface area contributed by atoms with Crippen LogP contribution in [-0.2, 0) is 11.2 Å². The maximum atomic E-state index is 11.3. The van der Waals surface area contributed by atoms with Crippen LogP contribution in [0.1, 0.15) is 25.8 Å². The van der Waals surface area contributed by atoms with E-state index in [2.05, 4.69) is 0 Å². The molecule has 1 aromatic carbocycles. The first-order valence-electron chi connectivity index (χ1n) is 5.88. The van der Waals surface area contributed by atoms with E-state index in [-0.39, 0.29) is 12.1 Å². The number of rotatable bonds is 6. The van der Waals surface area contributed by atoms with E-state index < -0.39 is 16.3 Å². The second-order valence-electron chi connectivity index (χ2n) is 4.65. The highest BCUT2D eigenvalue weighted by Crippen LogP contribution is 2.33. The molecule has 0 bridgehead atoms. The number of methoxy groups -OCH3 is 1. The van der Waals surface area contributed by atoms with Crippen LogP contribution in [0.4, 0.5) is 5.69 Å². The van der Waals surface area contributed by atoms with Crippen LogP contribution >= 0.6 is 0 Å². The molecule has 1 N–H and O–H groups in total. The molecule has 104 valence electrons. The Labute approximate surface area is 111 Å². The molecule has 0 spiro atoms. The number of carboxylic acids is 1. The summed E-state index contributed by atoms with van der Waals surface area (Å²) in [5.41, 5.74) is -0.509. The first-order valence-corrected chi connectivity index (χ1v) is 5.88. The van der Waals surface area contributed by atoms with Gasteiger partial charge in [-0.1, -0.05) is 6.92 Å². The van der Waals surface area contributed by atoms with E-state index in [1.165, 1.54) is 25.3 Å². The van der Waals surface area contributed by atoms with Gasteiger partial charge in [0, 0.05) is 17.7 Å². The molecule has 0 radical (unpaired) electrons. The molecule has 0 saturated carbocycles. The summed E-state index contributed by atoms with van der Waals surface area (Å²) in [7, 11) is 1.45. The van der Waals surface area contributed by atoms with E-state index in [9.17, 15) is 20.0 Å². The highest BCUT2D eigenvalue weighted by atomic mass is 16.6. The van der Waals surface area contributed by atoms with Crippen molar-refractivity contribution < 1.29 is 19.6 Å². The van der Waals surface area contributed by atoms with Crippen LogP contribution in [0.5, 0.6) is 5.75 Å². The highest BCUT2D eigenvalue weighted by molar-refractivity contribution is 5.74. The first-order chi connectivity index (χ1) is 8.84. The molecule has 0 aliphatic carbocycles. The summed E-state index contributed by atoms with van der Waals surface area (Å²) in [6.07, 6.45) is 0.609. The normalized spacial score (nSPS) is 13.6. The van der Waals surface area contributed by atoms with Gasteiger partial charge in [-0.3, -0.25) is 14.9 Å². The molecule has 0 aliphatic rings. The zero-order chi connectivity index (χ0) is 14.6. The Bertz CT molecular complexity index is 500. The van der Waals surface area contributed by atoms with Crippen LogP contribution in [0, 0.1) is 15.5 Å². The van der Waals surface area contributed by atoms with Gasteiger partial charge in [0.2, 0.25) is 0 Å². The van der Waals surface area contributed by atoms with Crippen LogP contribution in [0.2, 0.25) is 0 Å². The number of nitro groups is 1. The van der Waals surface area contributed by atoms with Gasteiger partial charge in [-0.15, -0.1) is 0 Å². The maximum Gasteiger partial charge on any atom is 0.309 e. The number of carboxylic acid groups (broad SMARTS) is 1. The molecule has 0 aliphatic heterocycles. The van der Waals surface area contributed by atoms with Gasteiger partial charge in [0.15, 0.2) is 0 Å². The molecule has 1 rings (SSSR count). The van der Waals surface area contributed by atoms with Gasteiger partial charge < -0.3 is 9.84 Å². The van der Waals surface area contributed by atoms with Crippen molar-refractivity contribution in [3.63, 3.8) is 0 Å². The summed E-state index contributed by atoms with van der Waals surface area (Å²) >= 11 is 0. The quantitative estimate of drug-likeness (QED) is 0.632. The van der Waals surface area contributed by atoms with E-state index in [4.69, 9.17) is 4.74 Å². The molecule has 1 unspecified atom stereocenters. The summed E-state index contributed by atoms with van der Waals surface area (Å²) in [6.45, 7) is 3.39. The summed E-state index contributed by atoms with van der Waals surface area (Å²) in [6, 6.07) is 4.20. The number of aliphatic carboxylic acids is 1. The van der Waals surface area contributed by atoms with Crippen molar-refractivity contribution in [2.45, 2.75) is 26.7 Å². The molecule has 6 nitrogen and oxygen atoms in total. The third-order valence-corrected chi connectivity index (χ3v) is 3.35. The Morgan fingerprint density at radius 2 is 2.16 bits per heavy atom. The van der Waals surface area contributed by atoms with Gasteiger partial charge in [-0.05, 0) is 25.8 Å². The first kappa shape index (κ1) is 14.9. The second kappa shape index (κ2) is 5.69. The second-order valence-corrected chi connectivity index (χ2v) is 4.65. The van der Waals surface area contributed by atoms with Crippen molar-refractivity contribution in [1.82, 2.24) is 0 Å². The average molecular weight is 267 g/mol. The molecule has 0 aromatic heterocycles. The lowest BCUT2D eigenvalue weighted by molar-refractivity contribution is -0.384. The number of ether oxygens (including phenoxy) is 1. The fraction of sp³-hybridized carbons (Fsp3) is 0.462. The van der Waals surface area contributed by atoms with E-state index in [0.29, 0.717) is 17.7 Å². The van der Waals surface area contributed by atoms with Crippen molar-refractivity contribution in [1.29, 1.82) is 0 Å². The van der Waals surface area contributed by atoms with Gasteiger partial charge in [0.25, 0.3) is 5.69 Å². The van der Waals surface area contributed by atoms with Gasteiger partial charge in [0.1, 0.15) is 5.75 Å². The lowest BCUT2D eigenvalue weighted by Crippen LogP contribution is -2.29.